The number of aliphatic carboxylic acids is 1. The number of hydrogen-bond acceptors (Lipinski definition) is 4. The zero-order chi connectivity index (χ0) is 27.6. The monoisotopic (exact) mass is 527 g/mol. The van der Waals surface area contributed by atoms with Crippen LogP contribution in [-0.2, 0) is 33.5 Å². The summed E-state index contributed by atoms with van der Waals surface area (Å²) >= 11 is 0. The maximum atomic E-state index is 14.3. The van der Waals surface area contributed by atoms with Crippen LogP contribution in [0.2, 0.25) is 0 Å². The van der Waals surface area contributed by atoms with Crippen molar-refractivity contribution in [2.75, 3.05) is 19.8 Å². The van der Waals surface area contributed by atoms with E-state index >= 15 is 0 Å². The third kappa shape index (κ3) is 8.45. The third-order valence-corrected chi connectivity index (χ3v) is 6.03. The number of carboxylic acid groups (broad SMARTS) is 1. The minimum Gasteiger partial charge on any atom is -0.484 e. The Labute approximate surface area is 214 Å². The second kappa shape index (κ2) is 13.4. The number of unbranched alkanes of at least 4 members (excludes halogenated alkanes) is 1. The highest BCUT2D eigenvalue weighted by atomic mass is 19.4. The molecule has 1 atom stereocenters. The van der Waals surface area contributed by atoms with Gasteiger partial charge in [0, 0.05) is 31.7 Å². The van der Waals surface area contributed by atoms with Crippen LogP contribution in [0.1, 0.15) is 56.7 Å². The Morgan fingerprint density at radius 3 is 2.22 bits per heavy atom. The van der Waals surface area contributed by atoms with Gasteiger partial charge in [-0.15, -0.1) is 0 Å². The summed E-state index contributed by atoms with van der Waals surface area (Å²) in [6.45, 7) is 5.42. The molecule has 0 aromatic heterocycles. The first-order chi connectivity index (χ1) is 17.5. The Kier molecular flexibility index (Phi) is 10.9. The van der Waals surface area contributed by atoms with Gasteiger partial charge >= 0.3 is 12.1 Å². The topological polar surface area (TPSA) is 76.1 Å². The molecule has 0 aliphatic rings. The predicted octanol–water partition coefficient (Wildman–Crippen LogP) is 5.86. The number of ether oxygens (including phenoxy) is 2. The van der Waals surface area contributed by atoms with Gasteiger partial charge in [0.2, 0.25) is 0 Å². The van der Waals surface area contributed by atoms with Gasteiger partial charge in [-0.2, -0.15) is 13.2 Å². The summed E-state index contributed by atoms with van der Waals surface area (Å²) in [5.74, 6) is -2.14. The second-order valence-corrected chi connectivity index (χ2v) is 8.67. The molecular weight excluding hydrogens is 494 g/mol. The normalized spacial score (nSPS) is 13.2. The fourth-order valence-corrected chi connectivity index (χ4v) is 3.81. The lowest BCUT2D eigenvalue weighted by atomic mass is 9.91. The average molecular weight is 528 g/mol. The van der Waals surface area contributed by atoms with Crippen LogP contribution in [-0.4, -0.2) is 47.2 Å². The Hall–Kier alpha value is -3.14. The van der Waals surface area contributed by atoms with Crippen molar-refractivity contribution in [3.8, 4) is 5.75 Å². The van der Waals surface area contributed by atoms with Crippen LogP contribution < -0.4 is 4.74 Å². The molecule has 0 unspecified atom stereocenters. The average Bonchev–Trinajstić information content (AvgIpc) is 2.85. The zero-order valence-corrected chi connectivity index (χ0v) is 21.2. The van der Waals surface area contributed by atoms with Crippen molar-refractivity contribution >= 4 is 11.9 Å². The molecule has 0 saturated heterocycles. The van der Waals surface area contributed by atoms with Crippen molar-refractivity contribution in [2.45, 2.75) is 64.8 Å². The van der Waals surface area contributed by atoms with Crippen molar-refractivity contribution < 1.29 is 41.7 Å². The number of nitrogens with zero attached hydrogens (tertiary/aromatic N) is 1. The summed E-state index contributed by atoms with van der Waals surface area (Å²) in [7, 11) is 0. The van der Waals surface area contributed by atoms with Crippen molar-refractivity contribution in [1.29, 1.82) is 0 Å². The van der Waals surface area contributed by atoms with Crippen molar-refractivity contribution in [1.82, 2.24) is 4.90 Å². The number of halogens is 4. The first kappa shape index (κ1) is 30.1. The lowest BCUT2D eigenvalue weighted by Gasteiger charge is -2.28. The molecule has 2 rings (SSSR count). The first-order valence-electron chi connectivity index (χ1n) is 12.2. The molecule has 6 nitrogen and oxygen atoms in total. The number of rotatable bonds is 14. The first-order valence-corrected chi connectivity index (χ1v) is 12.2. The Morgan fingerprint density at radius 1 is 1.03 bits per heavy atom. The summed E-state index contributed by atoms with van der Waals surface area (Å²) in [6.07, 6.45) is -2.81. The molecule has 0 heterocycles. The largest absolute Gasteiger partial charge is 0.484 e. The number of benzene rings is 2. The number of carbonyl (C=O) groups excluding carboxylic acids is 1. The lowest BCUT2D eigenvalue weighted by Crippen LogP contribution is -2.43. The fourth-order valence-electron chi connectivity index (χ4n) is 3.81. The predicted molar refractivity (Wildman–Crippen MR) is 130 cm³/mol. The van der Waals surface area contributed by atoms with E-state index in [0.29, 0.717) is 24.8 Å². The van der Waals surface area contributed by atoms with Crippen LogP contribution in [0.15, 0.2) is 42.5 Å². The molecular formula is C27H33F4NO5. The SMILES string of the molecule is CCCCN(Cc1ccc(C(F)(F)F)cc1F)C(=O)COc1ccc(C[C@](CC)(OCC)C(=O)O)cc1. The van der Waals surface area contributed by atoms with E-state index in [9.17, 15) is 32.3 Å². The number of carbonyl (C=O) groups is 2. The molecule has 2 aromatic rings. The van der Waals surface area contributed by atoms with E-state index in [4.69, 9.17) is 9.47 Å². The van der Waals surface area contributed by atoms with Gasteiger partial charge in [0.25, 0.3) is 5.91 Å². The molecule has 0 aliphatic carbocycles. The van der Waals surface area contributed by atoms with Crippen LogP contribution in [0.4, 0.5) is 17.6 Å². The van der Waals surface area contributed by atoms with E-state index in [1.54, 1.807) is 38.1 Å². The van der Waals surface area contributed by atoms with Gasteiger partial charge in [0.05, 0.1) is 5.56 Å². The van der Waals surface area contributed by atoms with Crippen LogP contribution in [0.25, 0.3) is 0 Å². The molecule has 0 saturated carbocycles. The van der Waals surface area contributed by atoms with Gasteiger partial charge in [-0.1, -0.05) is 38.5 Å². The molecule has 1 N–H and O–H groups in total. The van der Waals surface area contributed by atoms with Gasteiger partial charge in [-0.25, -0.2) is 9.18 Å². The van der Waals surface area contributed by atoms with E-state index in [1.165, 1.54) is 4.90 Å². The molecule has 37 heavy (non-hydrogen) atoms. The molecule has 0 radical (unpaired) electrons. The van der Waals surface area contributed by atoms with Crippen molar-refractivity contribution in [2.24, 2.45) is 0 Å². The van der Waals surface area contributed by atoms with Crippen LogP contribution in [0, 0.1) is 5.82 Å². The maximum absolute atomic E-state index is 14.3. The number of carboxylic acids is 1. The molecule has 0 fully saturated rings. The Morgan fingerprint density at radius 2 is 1.70 bits per heavy atom. The highest BCUT2D eigenvalue weighted by Crippen LogP contribution is 2.30. The molecule has 204 valence electrons. The van der Waals surface area contributed by atoms with E-state index in [1.807, 2.05) is 6.92 Å². The standard InChI is InChI=1S/C27H33F4NO5/c1-4-7-14-32(17-20-10-11-21(15-23(20)28)27(29,30)31)24(33)18-36-22-12-8-19(9-13-22)16-26(5-2,25(34)35)37-6-3/h8-13,15H,4-7,14,16-18H2,1-3H3,(H,34,35)/t26-/m0/s1. The molecule has 0 bridgehead atoms. The number of hydrogen-bond donors (Lipinski definition) is 1. The summed E-state index contributed by atoms with van der Waals surface area (Å²) in [6, 6.07) is 8.88. The smallest absolute Gasteiger partial charge is 0.416 e. The van der Waals surface area contributed by atoms with Crippen LogP contribution in [0.3, 0.4) is 0 Å². The third-order valence-electron chi connectivity index (χ3n) is 6.03. The molecule has 10 heteroatoms. The van der Waals surface area contributed by atoms with Crippen molar-refractivity contribution in [3.05, 3.63) is 65.0 Å². The molecule has 0 aliphatic heterocycles. The highest BCUT2D eigenvalue weighted by Gasteiger charge is 2.37. The van der Waals surface area contributed by atoms with Gasteiger partial charge in [-0.3, -0.25) is 4.79 Å². The molecule has 2 aromatic carbocycles. The van der Waals surface area contributed by atoms with Gasteiger partial charge in [0.1, 0.15) is 11.6 Å². The van der Waals surface area contributed by atoms with Gasteiger partial charge in [-0.05, 0) is 49.6 Å². The highest BCUT2D eigenvalue weighted by molar-refractivity contribution is 5.78. The van der Waals surface area contributed by atoms with E-state index < -0.39 is 35.0 Å². The zero-order valence-electron chi connectivity index (χ0n) is 21.2. The number of amides is 1. The van der Waals surface area contributed by atoms with Crippen molar-refractivity contribution in [3.63, 3.8) is 0 Å². The summed E-state index contributed by atoms with van der Waals surface area (Å²) < 4.78 is 64.0. The fraction of sp³-hybridized carbons (Fsp3) is 0.481. The lowest BCUT2D eigenvalue weighted by molar-refractivity contribution is -0.166. The minimum atomic E-state index is -4.66. The van der Waals surface area contributed by atoms with Gasteiger partial charge in [0.15, 0.2) is 12.2 Å². The Balaban J connectivity index is 2.06. The quantitative estimate of drug-likeness (QED) is 0.311. The second-order valence-electron chi connectivity index (χ2n) is 8.67. The van der Waals surface area contributed by atoms with E-state index in [-0.39, 0.29) is 38.2 Å². The summed E-state index contributed by atoms with van der Waals surface area (Å²) in [5, 5.41) is 9.64. The summed E-state index contributed by atoms with van der Waals surface area (Å²) in [5.41, 5.74) is -1.72. The van der Waals surface area contributed by atoms with E-state index in [2.05, 4.69) is 0 Å². The van der Waals surface area contributed by atoms with Crippen LogP contribution >= 0.6 is 0 Å². The maximum Gasteiger partial charge on any atom is 0.416 e. The van der Waals surface area contributed by atoms with Crippen LogP contribution in [0.5, 0.6) is 5.75 Å². The number of alkyl halides is 3. The van der Waals surface area contributed by atoms with Gasteiger partial charge < -0.3 is 19.5 Å². The Bertz CT molecular complexity index is 1040. The molecule has 1 amide bonds. The minimum absolute atomic E-state index is 0.0195. The van der Waals surface area contributed by atoms with E-state index in [0.717, 1.165) is 24.1 Å². The summed E-state index contributed by atoms with van der Waals surface area (Å²) in [4.78, 5) is 26.0. The molecule has 0 spiro atoms.